The van der Waals surface area contributed by atoms with Gasteiger partial charge in [0.05, 0.1) is 6.61 Å². The molecule has 1 amide bonds. The van der Waals surface area contributed by atoms with Crippen molar-refractivity contribution in [3.05, 3.63) is 23.8 Å². The molecule has 1 aliphatic rings. The van der Waals surface area contributed by atoms with E-state index in [2.05, 4.69) is 5.32 Å². The van der Waals surface area contributed by atoms with E-state index < -0.39 is 11.9 Å². The maximum Gasteiger partial charge on any atom is 0.239 e. The number of carbonyl (C=O) groups is 1. The SMILES string of the molecule is COCCNC(C(N)=O)c1ccc2c(c1)OCO2. The maximum atomic E-state index is 11.4. The molecule has 3 N–H and O–H groups in total. The molecule has 18 heavy (non-hydrogen) atoms. The van der Waals surface area contributed by atoms with Crippen molar-refractivity contribution >= 4 is 5.91 Å². The van der Waals surface area contributed by atoms with Gasteiger partial charge in [0.15, 0.2) is 11.5 Å². The van der Waals surface area contributed by atoms with E-state index in [1.54, 1.807) is 25.3 Å². The number of amides is 1. The number of carbonyl (C=O) groups excluding carboxylic acids is 1. The van der Waals surface area contributed by atoms with Crippen LogP contribution in [-0.4, -0.2) is 33.0 Å². The van der Waals surface area contributed by atoms with Gasteiger partial charge in [-0.2, -0.15) is 0 Å². The monoisotopic (exact) mass is 252 g/mol. The van der Waals surface area contributed by atoms with Gasteiger partial charge in [0, 0.05) is 13.7 Å². The highest BCUT2D eigenvalue weighted by Gasteiger charge is 2.21. The Labute approximate surface area is 105 Å². The highest BCUT2D eigenvalue weighted by atomic mass is 16.7. The minimum atomic E-state index is -0.561. The molecule has 1 aromatic carbocycles. The van der Waals surface area contributed by atoms with Crippen LogP contribution in [0, 0.1) is 0 Å². The summed E-state index contributed by atoms with van der Waals surface area (Å²) in [4.78, 5) is 11.4. The molecule has 0 bridgehead atoms. The number of rotatable bonds is 6. The number of hydrogen-bond acceptors (Lipinski definition) is 5. The Bertz CT molecular complexity index is 436. The van der Waals surface area contributed by atoms with E-state index in [-0.39, 0.29) is 6.79 Å². The molecule has 0 aliphatic carbocycles. The smallest absolute Gasteiger partial charge is 0.239 e. The van der Waals surface area contributed by atoms with Gasteiger partial charge < -0.3 is 19.9 Å². The third-order valence-electron chi connectivity index (χ3n) is 2.67. The first kappa shape index (κ1) is 12.7. The fraction of sp³-hybridized carbons (Fsp3) is 0.417. The van der Waals surface area contributed by atoms with E-state index in [0.717, 1.165) is 5.56 Å². The summed E-state index contributed by atoms with van der Waals surface area (Å²) in [6.07, 6.45) is 0. The van der Waals surface area contributed by atoms with E-state index in [4.69, 9.17) is 19.9 Å². The van der Waals surface area contributed by atoms with Crippen LogP contribution in [0.5, 0.6) is 11.5 Å². The molecule has 6 heteroatoms. The first-order valence-corrected chi connectivity index (χ1v) is 5.63. The van der Waals surface area contributed by atoms with Crippen LogP contribution in [-0.2, 0) is 9.53 Å². The van der Waals surface area contributed by atoms with E-state index in [9.17, 15) is 4.79 Å². The number of methoxy groups -OCH3 is 1. The number of benzene rings is 1. The normalized spacial score (nSPS) is 14.5. The molecule has 1 atom stereocenters. The molecule has 0 spiro atoms. The van der Waals surface area contributed by atoms with Crippen LogP contribution in [0.25, 0.3) is 0 Å². The van der Waals surface area contributed by atoms with Gasteiger partial charge in [-0.3, -0.25) is 10.1 Å². The topological polar surface area (TPSA) is 82.8 Å². The Morgan fingerprint density at radius 1 is 1.50 bits per heavy atom. The molecule has 1 heterocycles. The minimum Gasteiger partial charge on any atom is -0.454 e. The van der Waals surface area contributed by atoms with Crippen molar-refractivity contribution in [2.45, 2.75) is 6.04 Å². The first-order chi connectivity index (χ1) is 8.72. The lowest BCUT2D eigenvalue weighted by atomic mass is 10.1. The molecule has 1 aliphatic heterocycles. The summed E-state index contributed by atoms with van der Waals surface area (Å²) in [6, 6.07) is 4.76. The van der Waals surface area contributed by atoms with E-state index in [0.29, 0.717) is 24.7 Å². The van der Waals surface area contributed by atoms with E-state index >= 15 is 0 Å². The number of nitrogens with two attached hydrogens (primary N) is 1. The Kier molecular flexibility index (Phi) is 4.01. The Morgan fingerprint density at radius 3 is 3.00 bits per heavy atom. The zero-order valence-corrected chi connectivity index (χ0v) is 10.1. The van der Waals surface area contributed by atoms with Crippen LogP contribution in [0.15, 0.2) is 18.2 Å². The lowest BCUT2D eigenvalue weighted by Crippen LogP contribution is -2.35. The number of fused-ring (bicyclic) bond motifs is 1. The Hall–Kier alpha value is -1.79. The molecule has 0 saturated carbocycles. The van der Waals surface area contributed by atoms with Gasteiger partial charge in [0.1, 0.15) is 6.04 Å². The quantitative estimate of drug-likeness (QED) is 0.706. The molecule has 2 rings (SSSR count). The fourth-order valence-electron chi connectivity index (χ4n) is 1.78. The van der Waals surface area contributed by atoms with Crippen molar-refractivity contribution in [1.82, 2.24) is 5.32 Å². The molecule has 0 aromatic heterocycles. The molecule has 0 fully saturated rings. The van der Waals surface area contributed by atoms with Crippen molar-refractivity contribution in [1.29, 1.82) is 0 Å². The second kappa shape index (κ2) is 5.70. The first-order valence-electron chi connectivity index (χ1n) is 5.63. The molecular formula is C12H16N2O4. The summed E-state index contributed by atoms with van der Waals surface area (Å²) in [5.74, 6) is 0.871. The summed E-state index contributed by atoms with van der Waals surface area (Å²) >= 11 is 0. The van der Waals surface area contributed by atoms with Crippen LogP contribution >= 0.6 is 0 Å². The Morgan fingerprint density at radius 2 is 2.28 bits per heavy atom. The predicted octanol–water partition coefficient (Wildman–Crippen LogP) is 0.178. The maximum absolute atomic E-state index is 11.4. The summed E-state index contributed by atoms with van der Waals surface area (Å²) in [5, 5.41) is 3.03. The Balaban J connectivity index is 2.12. The van der Waals surface area contributed by atoms with Gasteiger partial charge in [-0.1, -0.05) is 6.07 Å². The molecule has 98 valence electrons. The van der Waals surface area contributed by atoms with E-state index in [1.807, 2.05) is 0 Å². The molecule has 6 nitrogen and oxygen atoms in total. The summed E-state index contributed by atoms with van der Waals surface area (Å²) < 4.78 is 15.4. The van der Waals surface area contributed by atoms with Crippen molar-refractivity contribution in [2.75, 3.05) is 27.1 Å². The van der Waals surface area contributed by atoms with Crippen LogP contribution in [0.2, 0.25) is 0 Å². The summed E-state index contributed by atoms with van der Waals surface area (Å²) in [7, 11) is 1.60. The molecule has 1 aromatic rings. The van der Waals surface area contributed by atoms with Crippen molar-refractivity contribution in [3.8, 4) is 11.5 Å². The average Bonchev–Trinajstić information content (AvgIpc) is 2.81. The van der Waals surface area contributed by atoms with Gasteiger partial charge in [0.2, 0.25) is 12.7 Å². The molecule has 0 radical (unpaired) electrons. The minimum absolute atomic E-state index is 0.205. The molecular weight excluding hydrogens is 236 g/mol. The third-order valence-corrected chi connectivity index (χ3v) is 2.67. The lowest BCUT2D eigenvalue weighted by Gasteiger charge is -2.15. The van der Waals surface area contributed by atoms with Crippen molar-refractivity contribution < 1.29 is 19.0 Å². The van der Waals surface area contributed by atoms with E-state index in [1.165, 1.54) is 0 Å². The van der Waals surface area contributed by atoms with Crippen LogP contribution < -0.4 is 20.5 Å². The lowest BCUT2D eigenvalue weighted by molar-refractivity contribution is -0.120. The predicted molar refractivity (Wildman–Crippen MR) is 64.4 cm³/mol. The second-order valence-corrected chi connectivity index (χ2v) is 3.90. The summed E-state index contributed by atoms with van der Waals surface area (Å²) in [5.41, 5.74) is 6.13. The zero-order chi connectivity index (χ0) is 13.0. The van der Waals surface area contributed by atoms with Gasteiger partial charge in [0.25, 0.3) is 0 Å². The second-order valence-electron chi connectivity index (χ2n) is 3.90. The number of hydrogen-bond donors (Lipinski definition) is 2. The fourth-order valence-corrected chi connectivity index (χ4v) is 1.78. The molecule has 1 unspecified atom stereocenters. The van der Waals surface area contributed by atoms with Crippen molar-refractivity contribution in [3.63, 3.8) is 0 Å². The number of ether oxygens (including phenoxy) is 3. The van der Waals surface area contributed by atoms with Crippen LogP contribution in [0.3, 0.4) is 0 Å². The standard InChI is InChI=1S/C12H16N2O4/c1-16-5-4-14-11(12(13)15)8-2-3-9-10(6-8)18-7-17-9/h2-3,6,11,14H,4-5,7H2,1H3,(H2,13,15). The number of primary amides is 1. The van der Waals surface area contributed by atoms with Crippen molar-refractivity contribution in [2.24, 2.45) is 5.73 Å². The summed E-state index contributed by atoms with van der Waals surface area (Å²) in [6.45, 7) is 1.25. The van der Waals surface area contributed by atoms with Gasteiger partial charge >= 0.3 is 0 Å². The average molecular weight is 252 g/mol. The largest absolute Gasteiger partial charge is 0.454 e. The van der Waals surface area contributed by atoms with Crippen LogP contribution in [0.4, 0.5) is 0 Å². The third kappa shape index (κ3) is 2.72. The van der Waals surface area contributed by atoms with Crippen LogP contribution in [0.1, 0.15) is 11.6 Å². The highest BCUT2D eigenvalue weighted by molar-refractivity contribution is 5.81. The van der Waals surface area contributed by atoms with Gasteiger partial charge in [-0.25, -0.2) is 0 Å². The molecule has 0 saturated heterocycles. The number of nitrogens with one attached hydrogen (secondary N) is 1. The van der Waals surface area contributed by atoms with Gasteiger partial charge in [-0.05, 0) is 17.7 Å². The zero-order valence-electron chi connectivity index (χ0n) is 10.1. The highest BCUT2D eigenvalue weighted by Crippen LogP contribution is 2.34. The van der Waals surface area contributed by atoms with Gasteiger partial charge in [-0.15, -0.1) is 0 Å².